The van der Waals surface area contributed by atoms with E-state index in [1.54, 1.807) is 30.3 Å². The van der Waals surface area contributed by atoms with Crippen molar-refractivity contribution >= 4 is 49.1 Å². The molecule has 0 aliphatic carbocycles. The van der Waals surface area contributed by atoms with Gasteiger partial charge in [0.2, 0.25) is 5.78 Å². The van der Waals surface area contributed by atoms with Crippen LogP contribution in [-0.2, 0) is 0 Å². The minimum Gasteiger partial charge on any atom is -0.421 e. The maximum Gasteiger partial charge on any atom is 0.343 e. The molecule has 0 N–H and O–H groups in total. The second kappa shape index (κ2) is 7.47. The first-order chi connectivity index (χ1) is 13.1. The van der Waals surface area contributed by atoms with Crippen LogP contribution in [0.4, 0.5) is 0 Å². The summed E-state index contributed by atoms with van der Waals surface area (Å²) in [5.74, 6) is -0.342. The summed E-state index contributed by atoms with van der Waals surface area (Å²) in [4.78, 5) is 26.1. The average Bonchev–Trinajstić information content (AvgIpc) is 3.06. The van der Waals surface area contributed by atoms with E-state index in [2.05, 4.69) is 15.9 Å². The van der Waals surface area contributed by atoms with Crippen molar-refractivity contribution in [3.63, 3.8) is 0 Å². The largest absolute Gasteiger partial charge is 0.421 e. The fourth-order valence-corrected chi connectivity index (χ4v) is 4.25. The molecule has 0 atom stereocenters. The minimum absolute atomic E-state index is 0.158. The second-order valence-electron chi connectivity index (χ2n) is 5.85. The van der Waals surface area contributed by atoms with E-state index in [0.717, 1.165) is 14.6 Å². The normalized spacial score (nSPS) is 10.7. The van der Waals surface area contributed by atoms with Crippen molar-refractivity contribution in [3.05, 3.63) is 99.3 Å². The van der Waals surface area contributed by atoms with Gasteiger partial charge in [-0.2, -0.15) is 0 Å². The lowest BCUT2D eigenvalue weighted by Gasteiger charge is -2.07. The molecule has 0 radical (unpaired) electrons. The molecule has 0 saturated heterocycles. The van der Waals surface area contributed by atoms with Crippen LogP contribution >= 0.6 is 27.3 Å². The second-order valence-corrected chi connectivity index (χ2v) is 7.82. The van der Waals surface area contributed by atoms with Gasteiger partial charge >= 0.3 is 5.97 Å². The van der Waals surface area contributed by atoms with Crippen LogP contribution in [0.15, 0.2) is 83.3 Å². The minimum atomic E-state index is -0.498. The first kappa shape index (κ1) is 17.6. The maximum absolute atomic E-state index is 13.0. The van der Waals surface area contributed by atoms with Crippen molar-refractivity contribution < 1.29 is 14.3 Å². The van der Waals surface area contributed by atoms with Crippen LogP contribution < -0.4 is 4.74 Å². The third-order valence-corrected chi connectivity index (χ3v) is 5.69. The number of esters is 1. The van der Waals surface area contributed by atoms with Crippen LogP contribution in [0.2, 0.25) is 0 Å². The molecule has 1 aromatic heterocycles. The van der Waals surface area contributed by atoms with E-state index >= 15 is 0 Å². The number of carbonyl (C=O) groups excluding carboxylic acids is 2. The molecule has 0 aliphatic heterocycles. The molecule has 4 rings (SSSR count). The molecule has 3 nitrogen and oxygen atoms in total. The molecule has 0 amide bonds. The number of ether oxygens (including phenoxy) is 1. The first-order valence-corrected chi connectivity index (χ1v) is 9.83. The number of thiophene rings is 1. The topological polar surface area (TPSA) is 43.4 Å². The molecule has 5 heteroatoms. The Hall–Kier alpha value is -2.76. The van der Waals surface area contributed by atoms with Crippen LogP contribution in [0.25, 0.3) is 10.1 Å². The number of hydrogen-bond acceptors (Lipinski definition) is 4. The van der Waals surface area contributed by atoms with Gasteiger partial charge in [0.15, 0.2) is 5.75 Å². The lowest BCUT2D eigenvalue weighted by atomic mass is 10.1. The van der Waals surface area contributed by atoms with Crippen molar-refractivity contribution in [1.82, 2.24) is 0 Å². The van der Waals surface area contributed by atoms with E-state index in [0.29, 0.717) is 21.8 Å². The van der Waals surface area contributed by atoms with E-state index in [4.69, 9.17) is 4.74 Å². The molecule has 4 aromatic rings. The molecular weight excluding hydrogens is 424 g/mol. The molecule has 0 spiro atoms. The summed E-state index contributed by atoms with van der Waals surface area (Å²) < 4.78 is 7.39. The Kier molecular flexibility index (Phi) is 4.88. The zero-order valence-corrected chi connectivity index (χ0v) is 16.4. The molecule has 0 aliphatic rings. The number of carbonyl (C=O) groups is 2. The van der Waals surface area contributed by atoms with Gasteiger partial charge in [-0.25, -0.2) is 4.79 Å². The summed E-state index contributed by atoms with van der Waals surface area (Å²) in [6.07, 6.45) is 0. The van der Waals surface area contributed by atoms with Gasteiger partial charge in [0.25, 0.3) is 0 Å². The summed E-state index contributed by atoms with van der Waals surface area (Å²) >= 11 is 4.69. The maximum atomic E-state index is 13.0. The number of rotatable bonds is 4. The molecule has 0 saturated carbocycles. The fourth-order valence-electron chi connectivity index (χ4n) is 2.76. The van der Waals surface area contributed by atoms with Crippen molar-refractivity contribution in [2.24, 2.45) is 0 Å². The van der Waals surface area contributed by atoms with Crippen LogP contribution in [-0.4, -0.2) is 11.8 Å². The van der Waals surface area contributed by atoms with Gasteiger partial charge in [-0.1, -0.05) is 64.5 Å². The number of hydrogen-bond donors (Lipinski definition) is 0. The Labute approximate surface area is 168 Å². The monoisotopic (exact) mass is 436 g/mol. The van der Waals surface area contributed by atoms with Crippen molar-refractivity contribution in [2.75, 3.05) is 0 Å². The molecule has 3 aromatic carbocycles. The summed E-state index contributed by atoms with van der Waals surface area (Å²) in [5, 5.41) is 0.755. The van der Waals surface area contributed by atoms with Gasteiger partial charge in [0, 0.05) is 20.1 Å². The molecule has 0 fully saturated rings. The summed E-state index contributed by atoms with van der Waals surface area (Å²) in [6, 6.07) is 23.5. The number of benzene rings is 3. The smallest absolute Gasteiger partial charge is 0.343 e. The molecular formula is C22H13BrO3S. The predicted molar refractivity (Wildman–Crippen MR) is 111 cm³/mol. The van der Waals surface area contributed by atoms with Gasteiger partial charge in [0.1, 0.15) is 4.88 Å². The van der Waals surface area contributed by atoms with E-state index in [1.807, 2.05) is 48.5 Å². The lowest BCUT2D eigenvalue weighted by molar-refractivity contribution is 0.0736. The van der Waals surface area contributed by atoms with Gasteiger partial charge in [-0.15, -0.1) is 11.3 Å². The fraction of sp³-hybridized carbons (Fsp3) is 0. The van der Waals surface area contributed by atoms with Gasteiger partial charge in [-0.3, -0.25) is 4.79 Å². The number of halogens is 1. The van der Waals surface area contributed by atoms with Crippen LogP contribution in [0.1, 0.15) is 25.6 Å². The molecule has 132 valence electrons. The molecule has 0 bridgehead atoms. The van der Waals surface area contributed by atoms with Crippen molar-refractivity contribution in [3.8, 4) is 5.75 Å². The Morgan fingerprint density at radius 1 is 0.815 bits per heavy atom. The highest BCUT2D eigenvalue weighted by molar-refractivity contribution is 9.10. The predicted octanol–water partition coefficient (Wildman–Crippen LogP) is 6.11. The summed E-state index contributed by atoms with van der Waals surface area (Å²) in [5.41, 5.74) is 0.974. The van der Waals surface area contributed by atoms with Crippen LogP contribution in [0.5, 0.6) is 5.75 Å². The highest BCUT2D eigenvalue weighted by atomic mass is 79.9. The Morgan fingerprint density at radius 3 is 2.30 bits per heavy atom. The third-order valence-electron chi connectivity index (χ3n) is 4.05. The van der Waals surface area contributed by atoms with E-state index in [-0.39, 0.29) is 5.78 Å². The standard InChI is InChI=1S/C22H13BrO3S/c23-16-10-6-9-15(13-16)22(25)26-20-17-11-4-5-12-18(17)27-21(20)19(24)14-7-2-1-3-8-14/h1-13H. The van der Waals surface area contributed by atoms with Gasteiger partial charge < -0.3 is 4.74 Å². The summed E-state index contributed by atoms with van der Waals surface area (Å²) in [6.45, 7) is 0. The first-order valence-electron chi connectivity index (χ1n) is 8.22. The molecule has 1 heterocycles. The molecule has 0 unspecified atom stereocenters. The van der Waals surface area contributed by atoms with E-state index in [9.17, 15) is 9.59 Å². The van der Waals surface area contributed by atoms with E-state index < -0.39 is 5.97 Å². The highest BCUT2D eigenvalue weighted by Gasteiger charge is 2.23. The Balaban J connectivity index is 1.79. The molecule has 27 heavy (non-hydrogen) atoms. The van der Waals surface area contributed by atoms with Crippen molar-refractivity contribution in [1.29, 1.82) is 0 Å². The Bertz CT molecular complexity index is 1150. The quantitative estimate of drug-likeness (QED) is 0.286. The average molecular weight is 437 g/mol. The lowest BCUT2D eigenvalue weighted by Crippen LogP contribution is -2.10. The highest BCUT2D eigenvalue weighted by Crippen LogP contribution is 2.39. The van der Waals surface area contributed by atoms with Crippen LogP contribution in [0, 0.1) is 0 Å². The number of ketones is 1. The SMILES string of the molecule is O=C(Oc1c(C(=O)c2ccccc2)sc2ccccc12)c1cccc(Br)c1. The van der Waals surface area contributed by atoms with E-state index in [1.165, 1.54) is 11.3 Å². The number of fused-ring (bicyclic) bond motifs is 1. The zero-order valence-electron chi connectivity index (χ0n) is 14.0. The van der Waals surface area contributed by atoms with Crippen molar-refractivity contribution in [2.45, 2.75) is 0 Å². The zero-order chi connectivity index (χ0) is 18.8. The van der Waals surface area contributed by atoms with Gasteiger partial charge in [0.05, 0.1) is 5.56 Å². The van der Waals surface area contributed by atoms with Crippen LogP contribution in [0.3, 0.4) is 0 Å². The third kappa shape index (κ3) is 3.56. The summed E-state index contributed by atoms with van der Waals surface area (Å²) in [7, 11) is 0. The Morgan fingerprint density at radius 2 is 1.52 bits per heavy atom. The van der Waals surface area contributed by atoms with Gasteiger partial charge in [-0.05, 0) is 30.3 Å².